The first-order chi connectivity index (χ1) is 5.66. The minimum absolute atomic E-state index is 0. The molecule has 0 atom stereocenters. The van der Waals surface area contributed by atoms with Crippen molar-refractivity contribution >= 4 is 80.1 Å². The predicted octanol–water partition coefficient (Wildman–Crippen LogP) is 1.21. The zero-order valence-corrected chi connectivity index (χ0v) is 12.2. The van der Waals surface area contributed by atoms with Gasteiger partial charge in [-0.1, -0.05) is 50.5 Å². The quantitative estimate of drug-likeness (QED) is 0.299. The molecule has 1 radical (unpaired) electrons. The van der Waals surface area contributed by atoms with Crippen LogP contribution in [0.15, 0.2) is 0 Å². The van der Waals surface area contributed by atoms with Crippen molar-refractivity contribution in [3.8, 4) is 21.6 Å². The average molecular weight is 259 g/mol. The van der Waals surface area contributed by atoms with Gasteiger partial charge in [-0.15, -0.1) is 0 Å². The second-order valence-electron chi connectivity index (χ2n) is 0.400. The Bertz CT molecular complexity index is 158. The van der Waals surface area contributed by atoms with E-state index in [1.54, 1.807) is 0 Å². The Morgan fingerprint density at radius 2 is 0.538 bits per heavy atom. The molecule has 0 N–H and O–H groups in total. The van der Waals surface area contributed by atoms with Crippen molar-refractivity contribution in [2.24, 2.45) is 0 Å². The van der Waals surface area contributed by atoms with Gasteiger partial charge in [0.25, 0.3) is 0 Å². The van der Waals surface area contributed by atoms with Gasteiger partial charge < -0.3 is 0 Å². The van der Waals surface area contributed by atoms with Crippen molar-refractivity contribution in [2.45, 2.75) is 0 Å². The molecule has 0 aliphatic heterocycles. The van der Waals surface area contributed by atoms with Crippen molar-refractivity contribution in [2.75, 3.05) is 0 Å². The summed E-state index contributed by atoms with van der Waals surface area (Å²) in [6.07, 6.45) is 0. The van der Waals surface area contributed by atoms with E-state index < -0.39 is 0 Å². The van der Waals surface area contributed by atoms with Crippen LogP contribution in [-0.4, -0.2) is 29.6 Å². The maximum Gasteiger partial charge on any atom is 0.130 e. The Kier molecular flexibility index (Phi) is 188. The van der Waals surface area contributed by atoms with Crippen LogP contribution >= 0.6 is 50.5 Å². The van der Waals surface area contributed by atoms with Gasteiger partial charge in [-0.05, 0) is 0 Å². The smallest absolute Gasteiger partial charge is 0.130 e. The van der Waals surface area contributed by atoms with Gasteiger partial charge in [0.1, 0.15) is 21.6 Å². The summed E-state index contributed by atoms with van der Waals surface area (Å²) < 4.78 is 0. The van der Waals surface area contributed by atoms with Crippen LogP contribution in [0.3, 0.4) is 0 Å². The molecule has 0 heterocycles. The fourth-order valence-corrected chi connectivity index (χ4v) is 0. The maximum atomic E-state index is 7.18. The summed E-state index contributed by atoms with van der Waals surface area (Å²) in [5.74, 6) is 0. The zero-order valence-electron chi connectivity index (χ0n) is 6.58. The molecular weight excluding hydrogens is 255 g/mol. The molecular formula is C4H4N4NaS4. The van der Waals surface area contributed by atoms with E-state index in [-0.39, 0.29) is 29.6 Å². The van der Waals surface area contributed by atoms with Gasteiger partial charge in [-0.25, -0.2) is 0 Å². The first kappa shape index (κ1) is 29.2. The van der Waals surface area contributed by atoms with Crippen LogP contribution in [0.25, 0.3) is 0 Å². The van der Waals surface area contributed by atoms with Crippen molar-refractivity contribution in [3.05, 3.63) is 0 Å². The van der Waals surface area contributed by atoms with E-state index in [2.05, 4.69) is 50.5 Å². The van der Waals surface area contributed by atoms with Crippen LogP contribution in [0, 0.1) is 42.7 Å². The standard InChI is InChI=1S/4CHNS.Na/c4*2-1-3;/h4*3H;. The Morgan fingerprint density at radius 3 is 0.538 bits per heavy atom. The van der Waals surface area contributed by atoms with Crippen LogP contribution in [0.4, 0.5) is 0 Å². The molecule has 0 bridgehead atoms. The summed E-state index contributed by atoms with van der Waals surface area (Å²) in [6, 6.07) is 0. The number of nitrogens with zero attached hydrogens (tertiary/aromatic N) is 4. The topological polar surface area (TPSA) is 95.2 Å². The van der Waals surface area contributed by atoms with E-state index in [1.807, 2.05) is 0 Å². The van der Waals surface area contributed by atoms with Gasteiger partial charge in [0, 0.05) is 29.6 Å². The van der Waals surface area contributed by atoms with E-state index in [9.17, 15) is 0 Å². The molecule has 0 aromatic heterocycles. The second kappa shape index (κ2) is 83.9. The number of hydrogen-bond acceptors (Lipinski definition) is 8. The molecule has 0 aliphatic carbocycles. The van der Waals surface area contributed by atoms with E-state index in [0.717, 1.165) is 0 Å². The number of rotatable bonds is 0. The van der Waals surface area contributed by atoms with Crippen LogP contribution < -0.4 is 0 Å². The minimum atomic E-state index is 0. The number of nitriles is 4. The minimum Gasteiger partial charge on any atom is -0.185 e. The van der Waals surface area contributed by atoms with Crippen LogP contribution in [0.1, 0.15) is 0 Å². The van der Waals surface area contributed by atoms with Gasteiger partial charge in [0.05, 0.1) is 0 Å². The summed E-state index contributed by atoms with van der Waals surface area (Å²) >= 11 is 12.4. The van der Waals surface area contributed by atoms with Crippen LogP contribution in [0.2, 0.25) is 0 Å². The maximum absolute atomic E-state index is 7.18. The molecule has 0 saturated heterocycles. The number of hydrogen-bond donors (Lipinski definition) is 4. The molecule has 13 heavy (non-hydrogen) atoms. The zero-order chi connectivity index (χ0) is 10.8. The summed E-state index contributed by atoms with van der Waals surface area (Å²) in [4.78, 5) is 0. The SMILES string of the molecule is N#CS.N#CS.N#CS.N#CS.[Na]. The summed E-state index contributed by atoms with van der Waals surface area (Å²) in [5.41, 5.74) is 0. The Hall–Kier alpha value is 0.360. The van der Waals surface area contributed by atoms with Gasteiger partial charge >= 0.3 is 0 Å². The van der Waals surface area contributed by atoms with E-state index in [4.69, 9.17) is 21.0 Å². The first-order valence-electron chi connectivity index (χ1n) is 1.79. The molecule has 0 aromatic carbocycles. The van der Waals surface area contributed by atoms with Crippen molar-refractivity contribution < 1.29 is 0 Å². The molecule has 0 spiro atoms. The predicted molar refractivity (Wildman–Crippen MR) is 64.2 cm³/mol. The number of thiocyanates is 4. The fourth-order valence-electron chi connectivity index (χ4n) is 0. The van der Waals surface area contributed by atoms with Crippen LogP contribution in [-0.2, 0) is 0 Å². The third-order valence-electron chi connectivity index (χ3n) is 0. The molecule has 65 valence electrons. The Morgan fingerprint density at radius 1 is 0.538 bits per heavy atom. The summed E-state index contributed by atoms with van der Waals surface area (Å²) in [5, 5.41) is 34.5. The second-order valence-corrected chi connectivity index (χ2v) is 1.20. The Balaban J connectivity index is -0.0000000213. The van der Waals surface area contributed by atoms with Gasteiger partial charge in [0.15, 0.2) is 0 Å². The van der Waals surface area contributed by atoms with Crippen molar-refractivity contribution in [1.82, 2.24) is 0 Å². The molecule has 0 saturated carbocycles. The van der Waals surface area contributed by atoms with E-state index in [0.29, 0.717) is 0 Å². The fraction of sp³-hybridized carbons (Fsp3) is 0. The summed E-state index contributed by atoms with van der Waals surface area (Å²) in [6.45, 7) is 0. The first-order valence-corrected chi connectivity index (χ1v) is 3.58. The molecule has 0 aromatic rings. The monoisotopic (exact) mass is 259 g/mol. The molecule has 0 aliphatic rings. The van der Waals surface area contributed by atoms with E-state index in [1.165, 1.54) is 21.6 Å². The molecule has 9 heteroatoms. The molecule has 0 fully saturated rings. The molecule has 0 amide bonds. The third kappa shape index (κ3) is 10200. The summed E-state index contributed by atoms with van der Waals surface area (Å²) in [7, 11) is 0. The molecule has 4 nitrogen and oxygen atoms in total. The largest absolute Gasteiger partial charge is 0.185 e. The average Bonchev–Trinajstić information content (AvgIpc) is 1.92. The Labute approximate surface area is 121 Å². The van der Waals surface area contributed by atoms with Gasteiger partial charge in [-0.3, -0.25) is 0 Å². The normalized spacial score (nSPS) is 2.46. The number of thiol groups is 4. The van der Waals surface area contributed by atoms with Crippen LogP contribution in [0.5, 0.6) is 0 Å². The van der Waals surface area contributed by atoms with E-state index >= 15 is 0 Å². The molecule has 0 unspecified atom stereocenters. The third-order valence-corrected chi connectivity index (χ3v) is 0. The van der Waals surface area contributed by atoms with Gasteiger partial charge in [0.2, 0.25) is 0 Å². The molecule has 0 rings (SSSR count). The van der Waals surface area contributed by atoms with Crippen molar-refractivity contribution in [3.63, 3.8) is 0 Å². The van der Waals surface area contributed by atoms with Crippen molar-refractivity contribution in [1.29, 1.82) is 21.0 Å². The van der Waals surface area contributed by atoms with Gasteiger partial charge in [-0.2, -0.15) is 21.0 Å².